The number of hydrogen-bond acceptors (Lipinski definition) is 3. The largest absolute Gasteiger partial charge is 0.401 e. The van der Waals surface area contributed by atoms with Gasteiger partial charge in [-0.25, -0.2) is 4.98 Å². The van der Waals surface area contributed by atoms with Gasteiger partial charge in [-0.15, -0.1) is 0 Å². The van der Waals surface area contributed by atoms with Crippen LogP contribution >= 0.6 is 0 Å². The number of hydrogen-bond donors (Lipinski definition) is 2. The minimum absolute atomic E-state index is 0.223. The van der Waals surface area contributed by atoms with Crippen LogP contribution in [0.2, 0.25) is 0 Å². The fraction of sp³-hybridized carbons (Fsp3) is 0.667. The van der Waals surface area contributed by atoms with E-state index in [0.29, 0.717) is 18.8 Å². The summed E-state index contributed by atoms with van der Waals surface area (Å²) in [6.07, 6.45) is -1.18. The summed E-state index contributed by atoms with van der Waals surface area (Å²) in [6, 6.07) is 0. The fourth-order valence-electron chi connectivity index (χ4n) is 1.35. The number of aromatic amines is 1. The van der Waals surface area contributed by atoms with Crippen LogP contribution in [0.15, 0.2) is 12.5 Å². The number of halogens is 3. The van der Waals surface area contributed by atoms with E-state index in [4.69, 9.17) is 0 Å². The second-order valence-corrected chi connectivity index (χ2v) is 3.51. The molecule has 1 aromatic heterocycles. The highest BCUT2D eigenvalue weighted by atomic mass is 19.4. The van der Waals surface area contributed by atoms with Crippen LogP contribution in [-0.2, 0) is 6.54 Å². The first-order chi connectivity index (χ1) is 7.51. The highest BCUT2D eigenvalue weighted by molar-refractivity contribution is 4.94. The molecular formula is C9H15F3N4. The molecule has 0 aliphatic heterocycles. The second kappa shape index (κ2) is 5.86. The van der Waals surface area contributed by atoms with Gasteiger partial charge in [0.15, 0.2) is 0 Å². The van der Waals surface area contributed by atoms with E-state index in [1.165, 1.54) is 17.4 Å². The Hall–Kier alpha value is -1.08. The molecule has 1 aromatic rings. The molecule has 0 aliphatic carbocycles. The SMILES string of the molecule is CNCCN(Cc1cnc[nH]1)CC(F)(F)F. The lowest BCUT2D eigenvalue weighted by atomic mass is 10.3. The van der Waals surface area contributed by atoms with E-state index in [-0.39, 0.29) is 6.54 Å². The monoisotopic (exact) mass is 236 g/mol. The van der Waals surface area contributed by atoms with Gasteiger partial charge in [0.05, 0.1) is 12.9 Å². The van der Waals surface area contributed by atoms with E-state index in [9.17, 15) is 13.2 Å². The summed E-state index contributed by atoms with van der Waals surface area (Å²) in [5, 5.41) is 2.83. The number of nitrogens with one attached hydrogen (secondary N) is 2. The van der Waals surface area contributed by atoms with E-state index >= 15 is 0 Å². The van der Waals surface area contributed by atoms with Crippen LogP contribution in [0.5, 0.6) is 0 Å². The molecule has 0 spiro atoms. The van der Waals surface area contributed by atoms with Crippen molar-refractivity contribution in [1.29, 1.82) is 0 Å². The van der Waals surface area contributed by atoms with Gasteiger partial charge < -0.3 is 10.3 Å². The van der Waals surface area contributed by atoms with E-state index in [0.717, 1.165) is 0 Å². The number of rotatable bonds is 6. The van der Waals surface area contributed by atoms with Crippen molar-refractivity contribution >= 4 is 0 Å². The van der Waals surface area contributed by atoms with Gasteiger partial charge in [0.1, 0.15) is 0 Å². The zero-order valence-electron chi connectivity index (χ0n) is 9.01. The van der Waals surface area contributed by atoms with E-state index in [1.807, 2.05) is 0 Å². The molecule has 0 atom stereocenters. The third-order valence-corrected chi connectivity index (χ3v) is 2.03. The molecule has 1 rings (SSSR count). The first kappa shape index (κ1) is 13.0. The van der Waals surface area contributed by atoms with Crippen molar-refractivity contribution in [3.05, 3.63) is 18.2 Å². The van der Waals surface area contributed by atoms with Crippen LogP contribution in [0, 0.1) is 0 Å². The molecule has 0 radical (unpaired) electrons. The van der Waals surface area contributed by atoms with Gasteiger partial charge in [-0.2, -0.15) is 13.2 Å². The number of nitrogens with zero attached hydrogens (tertiary/aromatic N) is 2. The smallest absolute Gasteiger partial charge is 0.347 e. The normalized spacial score (nSPS) is 12.3. The molecule has 0 bridgehead atoms. The van der Waals surface area contributed by atoms with Crippen LogP contribution in [0.1, 0.15) is 5.69 Å². The molecule has 0 aromatic carbocycles. The van der Waals surface area contributed by atoms with Gasteiger partial charge in [0.2, 0.25) is 0 Å². The van der Waals surface area contributed by atoms with E-state index in [1.54, 1.807) is 7.05 Å². The molecule has 16 heavy (non-hydrogen) atoms. The Balaban J connectivity index is 2.50. The number of likely N-dealkylation sites (N-methyl/N-ethyl adjacent to an activating group) is 1. The second-order valence-electron chi connectivity index (χ2n) is 3.51. The molecule has 4 nitrogen and oxygen atoms in total. The quantitative estimate of drug-likeness (QED) is 0.774. The maximum Gasteiger partial charge on any atom is 0.401 e. The molecule has 7 heteroatoms. The first-order valence-corrected chi connectivity index (χ1v) is 4.92. The summed E-state index contributed by atoms with van der Waals surface area (Å²) in [7, 11) is 1.71. The summed E-state index contributed by atoms with van der Waals surface area (Å²) in [5.74, 6) is 0. The van der Waals surface area contributed by atoms with Crippen molar-refractivity contribution in [3.8, 4) is 0 Å². The Labute approximate surface area is 91.9 Å². The Bertz CT molecular complexity index is 283. The maximum atomic E-state index is 12.3. The molecule has 0 saturated heterocycles. The zero-order valence-corrected chi connectivity index (χ0v) is 9.01. The van der Waals surface area contributed by atoms with Crippen molar-refractivity contribution in [2.75, 3.05) is 26.7 Å². The van der Waals surface area contributed by atoms with Crippen molar-refractivity contribution in [1.82, 2.24) is 20.2 Å². The number of imidazole rings is 1. The fourth-order valence-corrected chi connectivity index (χ4v) is 1.35. The summed E-state index contributed by atoms with van der Waals surface area (Å²) in [5.41, 5.74) is 0.681. The van der Waals surface area contributed by atoms with E-state index < -0.39 is 12.7 Å². The molecule has 0 amide bonds. The minimum Gasteiger partial charge on any atom is -0.347 e. The molecule has 0 aliphatic rings. The molecule has 2 N–H and O–H groups in total. The van der Waals surface area contributed by atoms with Crippen molar-refractivity contribution in [3.63, 3.8) is 0 Å². The van der Waals surface area contributed by atoms with Crippen LogP contribution < -0.4 is 5.32 Å². The van der Waals surface area contributed by atoms with Crippen LogP contribution in [0.25, 0.3) is 0 Å². The van der Waals surface area contributed by atoms with Crippen LogP contribution in [0.3, 0.4) is 0 Å². The van der Waals surface area contributed by atoms with Gasteiger partial charge in [0, 0.05) is 31.5 Å². The highest BCUT2D eigenvalue weighted by Crippen LogP contribution is 2.17. The Morgan fingerprint density at radius 3 is 2.75 bits per heavy atom. The summed E-state index contributed by atoms with van der Waals surface area (Å²) in [4.78, 5) is 7.89. The molecule has 0 saturated carbocycles. The lowest BCUT2D eigenvalue weighted by molar-refractivity contribution is -0.147. The third-order valence-electron chi connectivity index (χ3n) is 2.03. The standard InChI is InChI=1S/C9H15F3N4/c1-13-2-3-16(6-9(10,11)12)5-8-4-14-7-15-8/h4,7,13H,2-3,5-6H2,1H3,(H,14,15). The van der Waals surface area contributed by atoms with Gasteiger partial charge >= 0.3 is 6.18 Å². The molecule has 92 valence electrons. The lowest BCUT2D eigenvalue weighted by Crippen LogP contribution is -2.37. The predicted molar refractivity (Wildman–Crippen MR) is 53.8 cm³/mol. The Morgan fingerprint density at radius 2 is 2.25 bits per heavy atom. The van der Waals surface area contributed by atoms with Crippen LogP contribution in [-0.4, -0.2) is 47.7 Å². The van der Waals surface area contributed by atoms with Gasteiger partial charge in [-0.3, -0.25) is 4.90 Å². The third kappa shape index (κ3) is 5.13. The van der Waals surface area contributed by atoms with Crippen LogP contribution in [0.4, 0.5) is 13.2 Å². The molecule has 0 fully saturated rings. The highest BCUT2D eigenvalue weighted by Gasteiger charge is 2.30. The van der Waals surface area contributed by atoms with Gasteiger partial charge in [-0.05, 0) is 7.05 Å². The molecular weight excluding hydrogens is 221 g/mol. The minimum atomic E-state index is -4.17. The molecule has 0 unspecified atom stereocenters. The number of aromatic nitrogens is 2. The van der Waals surface area contributed by atoms with Crippen molar-refractivity contribution < 1.29 is 13.2 Å². The average molecular weight is 236 g/mol. The summed E-state index contributed by atoms with van der Waals surface area (Å²) >= 11 is 0. The Kier molecular flexibility index (Phi) is 4.75. The Morgan fingerprint density at radius 1 is 1.50 bits per heavy atom. The summed E-state index contributed by atoms with van der Waals surface area (Å²) < 4.78 is 36.8. The van der Waals surface area contributed by atoms with Gasteiger partial charge in [0.25, 0.3) is 0 Å². The van der Waals surface area contributed by atoms with E-state index in [2.05, 4.69) is 15.3 Å². The lowest BCUT2D eigenvalue weighted by Gasteiger charge is -2.22. The maximum absolute atomic E-state index is 12.3. The average Bonchev–Trinajstić information content (AvgIpc) is 2.64. The summed E-state index contributed by atoms with van der Waals surface area (Å²) in [6.45, 7) is 0.175. The van der Waals surface area contributed by atoms with Gasteiger partial charge in [-0.1, -0.05) is 0 Å². The van der Waals surface area contributed by atoms with Crippen molar-refractivity contribution in [2.24, 2.45) is 0 Å². The number of H-pyrrole nitrogens is 1. The zero-order chi connectivity index (χ0) is 12.0. The topological polar surface area (TPSA) is 44.0 Å². The number of alkyl halides is 3. The first-order valence-electron chi connectivity index (χ1n) is 4.92. The van der Waals surface area contributed by atoms with Crippen molar-refractivity contribution in [2.45, 2.75) is 12.7 Å². The predicted octanol–water partition coefficient (Wildman–Crippen LogP) is 0.993. The molecule has 1 heterocycles.